The zero-order chi connectivity index (χ0) is 17.6. The Hall–Kier alpha value is -1.30. The first kappa shape index (κ1) is 18.5. The third-order valence-corrected chi connectivity index (χ3v) is 5.59. The summed E-state index contributed by atoms with van der Waals surface area (Å²) in [6.07, 6.45) is 0.642. The second kappa shape index (κ2) is 8.88. The molecule has 5 nitrogen and oxygen atoms in total. The van der Waals surface area contributed by atoms with E-state index in [-0.39, 0.29) is 0 Å². The van der Waals surface area contributed by atoms with Crippen molar-refractivity contribution in [2.75, 3.05) is 70.3 Å². The Labute approximate surface area is 156 Å². The third kappa shape index (κ3) is 5.09. The number of carbonyl (C=O) groups is 1. The highest BCUT2D eigenvalue weighted by Gasteiger charge is 2.22. The number of likely N-dealkylation sites (N-methyl/N-ethyl adjacent to an activating group) is 1. The summed E-state index contributed by atoms with van der Waals surface area (Å²) in [5.41, 5.74) is 1.15. The van der Waals surface area contributed by atoms with Gasteiger partial charge in [0.05, 0.1) is 0 Å². The molecule has 25 heavy (non-hydrogen) atoms. The van der Waals surface area contributed by atoms with E-state index in [1.807, 2.05) is 23.1 Å². The Morgan fingerprint density at radius 1 is 1.00 bits per heavy atom. The van der Waals surface area contributed by atoms with Crippen LogP contribution >= 0.6 is 11.6 Å². The van der Waals surface area contributed by atoms with E-state index < -0.39 is 0 Å². The average molecular weight is 365 g/mol. The molecule has 2 fully saturated rings. The molecule has 0 bridgehead atoms. The molecular weight excluding hydrogens is 336 g/mol. The summed E-state index contributed by atoms with van der Waals surface area (Å²) in [5, 5.41) is 0.763. The summed E-state index contributed by atoms with van der Waals surface area (Å²) < 4.78 is 0. The van der Waals surface area contributed by atoms with Crippen LogP contribution in [0.25, 0.3) is 0 Å². The molecule has 0 aliphatic carbocycles. The standard InChI is InChI=1S/C19H29ClN4O/c1-2-21-8-10-22(11-9-21)7-6-19(25)24-14-12-23(13-15-24)18-5-3-4-17(20)16-18/h3-5,16H,2,6-15H2,1H3. The minimum atomic E-state index is 0.295. The molecule has 0 unspecified atom stereocenters. The van der Waals surface area contributed by atoms with Gasteiger partial charge in [-0.15, -0.1) is 0 Å². The Morgan fingerprint density at radius 2 is 1.68 bits per heavy atom. The molecule has 0 saturated carbocycles. The van der Waals surface area contributed by atoms with Crippen LogP contribution < -0.4 is 4.90 Å². The number of anilines is 1. The average Bonchev–Trinajstić information content (AvgIpc) is 2.66. The van der Waals surface area contributed by atoms with Gasteiger partial charge in [0.15, 0.2) is 0 Å². The monoisotopic (exact) mass is 364 g/mol. The fourth-order valence-corrected chi connectivity index (χ4v) is 3.81. The van der Waals surface area contributed by atoms with Gasteiger partial charge in [-0.2, -0.15) is 0 Å². The summed E-state index contributed by atoms with van der Waals surface area (Å²) in [4.78, 5) is 21.7. The Morgan fingerprint density at radius 3 is 2.32 bits per heavy atom. The number of carbonyl (C=O) groups excluding carboxylic acids is 1. The van der Waals surface area contributed by atoms with E-state index in [1.165, 1.54) is 0 Å². The maximum absolute atomic E-state index is 12.5. The van der Waals surface area contributed by atoms with Gasteiger partial charge in [0.25, 0.3) is 0 Å². The number of halogens is 1. The number of rotatable bonds is 5. The first-order valence-corrected chi connectivity index (χ1v) is 9.76. The molecule has 138 valence electrons. The van der Waals surface area contributed by atoms with Crippen molar-refractivity contribution in [1.82, 2.24) is 14.7 Å². The van der Waals surface area contributed by atoms with Crippen molar-refractivity contribution in [2.24, 2.45) is 0 Å². The van der Waals surface area contributed by atoms with Gasteiger partial charge in [-0.3, -0.25) is 4.79 Å². The van der Waals surface area contributed by atoms with Crippen LogP contribution in [0.1, 0.15) is 13.3 Å². The molecule has 2 saturated heterocycles. The lowest BCUT2D eigenvalue weighted by atomic mass is 10.2. The van der Waals surface area contributed by atoms with E-state index in [0.717, 1.165) is 76.2 Å². The summed E-state index contributed by atoms with van der Waals surface area (Å²) in [6.45, 7) is 12.0. The van der Waals surface area contributed by atoms with Gasteiger partial charge >= 0.3 is 0 Å². The smallest absolute Gasteiger partial charge is 0.223 e. The number of hydrogen-bond acceptors (Lipinski definition) is 4. The van der Waals surface area contributed by atoms with Gasteiger partial charge in [-0.25, -0.2) is 0 Å². The molecule has 2 aliphatic rings. The first-order chi connectivity index (χ1) is 12.2. The van der Waals surface area contributed by atoms with Crippen molar-refractivity contribution in [1.29, 1.82) is 0 Å². The second-order valence-corrected chi connectivity index (χ2v) is 7.31. The number of nitrogens with zero attached hydrogens (tertiary/aromatic N) is 4. The minimum absolute atomic E-state index is 0.295. The molecule has 0 spiro atoms. The van der Waals surface area contributed by atoms with Gasteiger partial charge in [-0.05, 0) is 24.7 Å². The van der Waals surface area contributed by atoms with E-state index >= 15 is 0 Å². The van der Waals surface area contributed by atoms with Crippen LogP contribution in [0.3, 0.4) is 0 Å². The molecule has 1 amide bonds. The minimum Gasteiger partial charge on any atom is -0.368 e. The van der Waals surface area contributed by atoms with Crippen LogP contribution in [0.4, 0.5) is 5.69 Å². The quantitative estimate of drug-likeness (QED) is 0.799. The molecule has 2 heterocycles. The normalized spacial score (nSPS) is 20.1. The van der Waals surface area contributed by atoms with Crippen molar-refractivity contribution in [3.8, 4) is 0 Å². The van der Waals surface area contributed by atoms with Crippen molar-refractivity contribution >= 4 is 23.2 Å². The number of benzene rings is 1. The lowest BCUT2D eigenvalue weighted by molar-refractivity contribution is -0.131. The maximum atomic E-state index is 12.5. The zero-order valence-electron chi connectivity index (χ0n) is 15.2. The highest BCUT2D eigenvalue weighted by Crippen LogP contribution is 2.21. The van der Waals surface area contributed by atoms with Gasteiger partial charge in [0.1, 0.15) is 0 Å². The molecule has 0 radical (unpaired) electrons. The predicted molar refractivity (Wildman–Crippen MR) is 103 cm³/mol. The number of hydrogen-bond donors (Lipinski definition) is 0. The molecule has 1 aromatic carbocycles. The third-order valence-electron chi connectivity index (χ3n) is 5.36. The largest absolute Gasteiger partial charge is 0.368 e. The first-order valence-electron chi connectivity index (χ1n) is 9.38. The summed E-state index contributed by atoms with van der Waals surface area (Å²) >= 11 is 6.08. The van der Waals surface area contributed by atoms with Crippen LogP contribution in [0.15, 0.2) is 24.3 Å². The molecule has 0 N–H and O–H groups in total. The lowest BCUT2D eigenvalue weighted by Gasteiger charge is -2.37. The summed E-state index contributed by atoms with van der Waals surface area (Å²) in [6, 6.07) is 7.95. The molecule has 3 rings (SSSR count). The van der Waals surface area contributed by atoms with E-state index in [1.54, 1.807) is 0 Å². The van der Waals surface area contributed by atoms with Gasteiger partial charge in [-0.1, -0.05) is 24.6 Å². The van der Waals surface area contributed by atoms with Crippen LogP contribution in [0, 0.1) is 0 Å². The fraction of sp³-hybridized carbons (Fsp3) is 0.632. The SMILES string of the molecule is CCN1CCN(CCC(=O)N2CCN(c3cccc(Cl)c3)CC2)CC1. The van der Waals surface area contributed by atoms with E-state index in [4.69, 9.17) is 11.6 Å². The summed E-state index contributed by atoms with van der Waals surface area (Å²) in [5.74, 6) is 0.295. The van der Waals surface area contributed by atoms with Gasteiger partial charge in [0, 0.05) is 76.0 Å². The maximum Gasteiger partial charge on any atom is 0.223 e. The van der Waals surface area contributed by atoms with Crippen molar-refractivity contribution in [3.05, 3.63) is 29.3 Å². The van der Waals surface area contributed by atoms with Crippen LogP contribution in [0.2, 0.25) is 5.02 Å². The van der Waals surface area contributed by atoms with Gasteiger partial charge in [0.2, 0.25) is 5.91 Å². The molecule has 0 atom stereocenters. The Kier molecular flexibility index (Phi) is 6.57. The molecule has 2 aliphatic heterocycles. The molecular formula is C19H29ClN4O. The lowest BCUT2D eigenvalue weighted by Crippen LogP contribution is -2.50. The van der Waals surface area contributed by atoms with E-state index in [0.29, 0.717) is 12.3 Å². The van der Waals surface area contributed by atoms with Crippen molar-refractivity contribution < 1.29 is 4.79 Å². The van der Waals surface area contributed by atoms with Crippen molar-refractivity contribution in [2.45, 2.75) is 13.3 Å². The van der Waals surface area contributed by atoms with E-state index in [2.05, 4.69) is 27.7 Å². The van der Waals surface area contributed by atoms with Crippen molar-refractivity contribution in [3.63, 3.8) is 0 Å². The Bertz CT molecular complexity index is 566. The molecule has 0 aromatic heterocycles. The highest BCUT2D eigenvalue weighted by molar-refractivity contribution is 6.30. The van der Waals surface area contributed by atoms with E-state index in [9.17, 15) is 4.79 Å². The number of amides is 1. The zero-order valence-corrected chi connectivity index (χ0v) is 15.9. The fourth-order valence-electron chi connectivity index (χ4n) is 3.63. The van der Waals surface area contributed by atoms with Crippen LogP contribution in [-0.2, 0) is 4.79 Å². The highest BCUT2D eigenvalue weighted by atomic mass is 35.5. The Balaban J connectivity index is 1.40. The van der Waals surface area contributed by atoms with Crippen LogP contribution in [-0.4, -0.2) is 86.1 Å². The molecule has 6 heteroatoms. The number of piperazine rings is 2. The molecule has 1 aromatic rings. The van der Waals surface area contributed by atoms with Gasteiger partial charge < -0.3 is 19.6 Å². The topological polar surface area (TPSA) is 30.0 Å². The van der Waals surface area contributed by atoms with Crippen LogP contribution in [0.5, 0.6) is 0 Å². The summed E-state index contributed by atoms with van der Waals surface area (Å²) in [7, 11) is 0. The second-order valence-electron chi connectivity index (χ2n) is 6.87. The predicted octanol–water partition coefficient (Wildman–Crippen LogP) is 2.02.